The molecule has 2 heteroatoms. The molecule has 0 bridgehead atoms. The Morgan fingerprint density at radius 1 is 1.60 bits per heavy atom. The van der Waals surface area contributed by atoms with Gasteiger partial charge in [0.25, 0.3) is 0 Å². The van der Waals surface area contributed by atoms with Crippen LogP contribution in [0.5, 0.6) is 0 Å². The number of rotatable bonds is 0. The van der Waals surface area contributed by atoms with Crippen molar-refractivity contribution in [3.05, 3.63) is 11.6 Å². The Balaban J connectivity index is 2.20. The Kier molecular flexibility index (Phi) is 1.55. The minimum atomic E-state index is 0.475. The molecule has 2 nitrogen and oxygen atoms in total. The molecule has 2 heterocycles. The van der Waals surface area contributed by atoms with Gasteiger partial charge in [0.15, 0.2) is 0 Å². The number of hydrogen-bond donors (Lipinski definition) is 1. The third kappa shape index (κ3) is 0.991. The van der Waals surface area contributed by atoms with Crippen molar-refractivity contribution in [3.8, 4) is 0 Å². The Morgan fingerprint density at radius 3 is 3.50 bits per heavy atom. The Hall–Kier alpha value is -0.630. The topological polar surface area (TPSA) is 24.4 Å². The van der Waals surface area contributed by atoms with Crippen LogP contribution in [0.25, 0.3) is 0 Å². The van der Waals surface area contributed by atoms with Gasteiger partial charge >= 0.3 is 0 Å². The van der Waals surface area contributed by atoms with E-state index < -0.39 is 0 Å². The van der Waals surface area contributed by atoms with Gasteiger partial charge in [-0.3, -0.25) is 4.99 Å². The summed E-state index contributed by atoms with van der Waals surface area (Å²) in [5, 5.41) is 3.29. The van der Waals surface area contributed by atoms with Crippen molar-refractivity contribution in [1.82, 2.24) is 5.32 Å². The maximum Gasteiger partial charge on any atom is 0.0830 e. The van der Waals surface area contributed by atoms with E-state index in [-0.39, 0.29) is 0 Å². The third-order valence-corrected chi connectivity index (χ3v) is 2.12. The third-order valence-electron chi connectivity index (χ3n) is 2.12. The molecule has 0 aromatic rings. The molecule has 1 unspecified atom stereocenters. The monoisotopic (exact) mass is 136 g/mol. The SMILES string of the molecule is C1=NC2CNCC=C2CC1. The van der Waals surface area contributed by atoms with E-state index in [1.165, 1.54) is 6.42 Å². The molecule has 0 aromatic carbocycles. The van der Waals surface area contributed by atoms with E-state index >= 15 is 0 Å². The van der Waals surface area contributed by atoms with Gasteiger partial charge in [-0.2, -0.15) is 0 Å². The van der Waals surface area contributed by atoms with Gasteiger partial charge in [-0.25, -0.2) is 0 Å². The molecule has 0 saturated carbocycles. The first kappa shape index (κ1) is 6.10. The lowest BCUT2D eigenvalue weighted by atomic mass is 9.97. The van der Waals surface area contributed by atoms with Crippen LogP contribution in [0.2, 0.25) is 0 Å². The van der Waals surface area contributed by atoms with Gasteiger partial charge in [-0.1, -0.05) is 6.08 Å². The minimum absolute atomic E-state index is 0.475. The van der Waals surface area contributed by atoms with E-state index in [1.54, 1.807) is 5.57 Å². The lowest BCUT2D eigenvalue weighted by Gasteiger charge is -2.24. The molecule has 0 saturated heterocycles. The highest BCUT2D eigenvalue weighted by molar-refractivity contribution is 5.60. The highest BCUT2D eigenvalue weighted by atomic mass is 14.9. The first-order valence-electron chi connectivity index (χ1n) is 3.88. The summed E-state index contributed by atoms with van der Waals surface area (Å²) in [4.78, 5) is 4.40. The van der Waals surface area contributed by atoms with Crippen LogP contribution in [0.1, 0.15) is 12.8 Å². The molecule has 2 aliphatic heterocycles. The average Bonchev–Trinajstić information content (AvgIpc) is 2.05. The van der Waals surface area contributed by atoms with Gasteiger partial charge in [0, 0.05) is 13.1 Å². The predicted octanol–water partition coefficient (Wildman–Crippen LogP) is 0.749. The van der Waals surface area contributed by atoms with E-state index in [9.17, 15) is 0 Å². The van der Waals surface area contributed by atoms with Crippen LogP contribution >= 0.6 is 0 Å². The van der Waals surface area contributed by atoms with E-state index in [4.69, 9.17) is 0 Å². The van der Waals surface area contributed by atoms with Crippen molar-refractivity contribution in [1.29, 1.82) is 0 Å². The molecule has 0 amide bonds. The van der Waals surface area contributed by atoms with Gasteiger partial charge < -0.3 is 5.32 Å². The Morgan fingerprint density at radius 2 is 2.60 bits per heavy atom. The van der Waals surface area contributed by atoms with Crippen LogP contribution in [0.15, 0.2) is 16.6 Å². The van der Waals surface area contributed by atoms with Crippen LogP contribution in [0.4, 0.5) is 0 Å². The summed E-state index contributed by atoms with van der Waals surface area (Å²) in [6.07, 6.45) is 6.71. The standard InChI is InChI=1S/C8H12N2/c1-2-7-3-5-9-6-8(7)10-4-1/h3-4,8-9H,1-2,5-6H2. The van der Waals surface area contributed by atoms with Crippen molar-refractivity contribution < 1.29 is 0 Å². The lowest BCUT2D eigenvalue weighted by molar-refractivity contribution is 0.598. The van der Waals surface area contributed by atoms with Gasteiger partial charge in [-0.05, 0) is 24.6 Å². The molecule has 0 fully saturated rings. The molecule has 0 aromatic heterocycles. The summed E-state index contributed by atoms with van der Waals surface area (Å²) < 4.78 is 0. The summed E-state index contributed by atoms with van der Waals surface area (Å²) in [6.45, 7) is 2.09. The highest BCUT2D eigenvalue weighted by Gasteiger charge is 2.17. The highest BCUT2D eigenvalue weighted by Crippen LogP contribution is 2.18. The summed E-state index contributed by atoms with van der Waals surface area (Å²) in [7, 11) is 0. The summed E-state index contributed by atoms with van der Waals surface area (Å²) in [6, 6.07) is 0.475. The molecule has 2 rings (SSSR count). The maximum absolute atomic E-state index is 4.40. The fourth-order valence-electron chi connectivity index (χ4n) is 1.54. The van der Waals surface area contributed by atoms with Gasteiger partial charge in [0.1, 0.15) is 0 Å². The molecule has 0 aliphatic carbocycles. The lowest BCUT2D eigenvalue weighted by Crippen LogP contribution is -2.33. The second kappa shape index (κ2) is 2.54. The Bertz CT molecular complexity index is 182. The van der Waals surface area contributed by atoms with Crippen molar-refractivity contribution >= 4 is 6.21 Å². The first-order valence-corrected chi connectivity index (χ1v) is 3.88. The molecule has 54 valence electrons. The molecule has 10 heavy (non-hydrogen) atoms. The van der Waals surface area contributed by atoms with E-state index in [2.05, 4.69) is 22.6 Å². The van der Waals surface area contributed by atoms with Gasteiger partial charge in [0.05, 0.1) is 6.04 Å². The van der Waals surface area contributed by atoms with Crippen LogP contribution in [0, 0.1) is 0 Å². The molecule has 1 N–H and O–H groups in total. The van der Waals surface area contributed by atoms with E-state index in [0.29, 0.717) is 6.04 Å². The van der Waals surface area contributed by atoms with Gasteiger partial charge in [0.2, 0.25) is 0 Å². The second-order valence-electron chi connectivity index (χ2n) is 2.82. The van der Waals surface area contributed by atoms with Crippen molar-refractivity contribution in [2.75, 3.05) is 13.1 Å². The van der Waals surface area contributed by atoms with Crippen molar-refractivity contribution in [2.24, 2.45) is 4.99 Å². The van der Waals surface area contributed by atoms with Crippen LogP contribution < -0.4 is 5.32 Å². The zero-order chi connectivity index (χ0) is 6.81. The maximum atomic E-state index is 4.40. The molecule has 1 atom stereocenters. The minimum Gasteiger partial charge on any atom is -0.311 e. The normalized spacial score (nSPS) is 31.2. The smallest absolute Gasteiger partial charge is 0.0830 e. The van der Waals surface area contributed by atoms with Crippen LogP contribution in [-0.2, 0) is 0 Å². The van der Waals surface area contributed by atoms with Crippen molar-refractivity contribution in [2.45, 2.75) is 18.9 Å². The van der Waals surface area contributed by atoms with Gasteiger partial charge in [-0.15, -0.1) is 0 Å². The second-order valence-corrected chi connectivity index (χ2v) is 2.82. The van der Waals surface area contributed by atoms with E-state index in [0.717, 1.165) is 19.5 Å². The molecule has 0 spiro atoms. The van der Waals surface area contributed by atoms with Crippen LogP contribution in [-0.4, -0.2) is 25.3 Å². The fourth-order valence-corrected chi connectivity index (χ4v) is 1.54. The molecular formula is C8H12N2. The van der Waals surface area contributed by atoms with Crippen molar-refractivity contribution in [3.63, 3.8) is 0 Å². The summed E-state index contributed by atoms with van der Waals surface area (Å²) in [5.74, 6) is 0. The Labute approximate surface area is 61.0 Å². The molecular weight excluding hydrogens is 124 g/mol. The zero-order valence-electron chi connectivity index (χ0n) is 6.01. The number of nitrogens with one attached hydrogen (secondary N) is 1. The first-order chi connectivity index (χ1) is 4.97. The summed E-state index contributed by atoms with van der Waals surface area (Å²) in [5.41, 5.74) is 1.54. The quantitative estimate of drug-likeness (QED) is 0.488. The van der Waals surface area contributed by atoms with Crippen LogP contribution in [0.3, 0.4) is 0 Å². The summed E-state index contributed by atoms with van der Waals surface area (Å²) >= 11 is 0. The number of nitrogens with zero attached hydrogens (tertiary/aromatic N) is 1. The van der Waals surface area contributed by atoms with E-state index in [1.807, 2.05) is 0 Å². The number of aliphatic imine (C=N–C) groups is 1. The number of fused-ring (bicyclic) bond motifs is 1. The zero-order valence-corrected chi connectivity index (χ0v) is 6.01. The fraction of sp³-hybridized carbons (Fsp3) is 0.625. The largest absolute Gasteiger partial charge is 0.311 e. The average molecular weight is 136 g/mol. The molecule has 2 aliphatic rings. The predicted molar refractivity (Wildman–Crippen MR) is 42.5 cm³/mol. The number of hydrogen-bond acceptors (Lipinski definition) is 2. The molecule has 0 radical (unpaired) electrons.